The zero-order valence-electron chi connectivity index (χ0n) is 9.43. The fourth-order valence-electron chi connectivity index (χ4n) is 2.49. The van der Waals surface area contributed by atoms with Crippen molar-refractivity contribution >= 4 is 23.5 Å². The van der Waals surface area contributed by atoms with E-state index in [1.165, 1.54) is 30.1 Å². The second-order valence-corrected chi connectivity index (χ2v) is 7.78. The SMILES string of the molecule is CCC1CSC2(CSCC(C)(C)C2)N1. The molecule has 0 aromatic heterocycles. The van der Waals surface area contributed by atoms with E-state index in [0.717, 1.165) is 6.04 Å². The fourth-order valence-corrected chi connectivity index (χ4v) is 5.93. The van der Waals surface area contributed by atoms with Crippen LogP contribution in [0.15, 0.2) is 0 Å². The van der Waals surface area contributed by atoms with Crippen LogP contribution in [0.4, 0.5) is 0 Å². The van der Waals surface area contributed by atoms with Crippen LogP contribution in [0, 0.1) is 5.41 Å². The van der Waals surface area contributed by atoms with E-state index < -0.39 is 0 Å². The Balaban J connectivity index is 2.03. The predicted molar refractivity (Wildman–Crippen MR) is 68.1 cm³/mol. The van der Waals surface area contributed by atoms with Gasteiger partial charge in [-0.25, -0.2) is 0 Å². The van der Waals surface area contributed by atoms with Gasteiger partial charge in [0.05, 0.1) is 4.87 Å². The van der Waals surface area contributed by atoms with Crippen molar-refractivity contribution in [3.05, 3.63) is 0 Å². The highest BCUT2D eigenvalue weighted by atomic mass is 32.2. The number of thioether (sulfide) groups is 2. The summed E-state index contributed by atoms with van der Waals surface area (Å²) in [5.41, 5.74) is 0.519. The van der Waals surface area contributed by atoms with Crippen molar-refractivity contribution in [2.24, 2.45) is 5.41 Å². The molecule has 0 saturated carbocycles. The zero-order valence-corrected chi connectivity index (χ0v) is 11.1. The minimum atomic E-state index is 0.410. The van der Waals surface area contributed by atoms with Gasteiger partial charge < -0.3 is 0 Å². The summed E-state index contributed by atoms with van der Waals surface area (Å²) in [5, 5.41) is 3.85. The van der Waals surface area contributed by atoms with Crippen LogP contribution in [0.1, 0.15) is 33.6 Å². The lowest BCUT2D eigenvalue weighted by molar-refractivity contribution is 0.291. The molecule has 1 nitrogen and oxygen atoms in total. The molecule has 82 valence electrons. The third-order valence-electron chi connectivity index (χ3n) is 3.11. The molecule has 0 radical (unpaired) electrons. The molecule has 2 atom stereocenters. The Morgan fingerprint density at radius 3 is 2.71 bits per heavy atom. The van der Waals surface area contributed by atoms with Gasteiger partial charge in [0.1, 0.15) is 0 Å². The molecule has 0 aromatic carbocycles. The standard InChI is InChI=1S/C11H21NS2/c1-4-9-5-14-11(12-9)6-10(2,3)7-13-8-11/h9,12H,4-8H2,1-3H3. The van der Waals surface area contributed by atoms with Gasteiger partial charge in [-0.1, -0.05) is 20.8 Å². The number of hydrogen-bond donors (Lipinski definition) is 1. The molecule has 3 heteroatoms. The lowest BCUT2D eigenvalue weighted by Crippen LogP contribution is -2.49. The normalized spacial score (nSPS) is 41.8. The third-order valence-corrected chi connectivity index (χ3v) is 6.51. The molecule has 0 aromatic rings. The van der Waals surface area contributed by atoms with Crippen LogP contribution < -0.4 is 5.32 Å². The molecule has 2 fully saturated rings. The topological polar surface area (TPSA) is 12.0 Å². The predicted octanol–water partition coefficient (Wildman–Crippen LogP) is 2.96. The minimum Gasteiger partial charge on any atom is -0.298 e. The van der Waals surface area contributed by atoms with Crippen molar-refractivity contribution in [3.63, 3.8) is 0 Å². The van der Waals surface area contributed by atoms with E-state index in [1.54, 1.807) is 0 Å². The molecule has 2 heterocycles. The van der Waals surface area contributed by atoms with Crippen LogP contribution in [-0.4, -0.2) is 28.2 Å². The fraction of sp³-hybridized carbons (Fsp3) is 1.00. The number of hydrogen-bond acceptors (Lipinski definition) is 3. The summed E-state index contributed by atoms with van der Waals surface area (Å²) in [5.74, 6) is 3.94. The van der Waals surface area contributed by atoms with Crippen LogP contribution in [0.25, 0.3) is 0 Å². The molecule has 2 aliphatic rings. The molecule has 0 aliphatic carbocycles. The highest BCUT2D eigenvalue weighted by Gasteiger charge is 2.45. The smallest absolute Gasteiger partial charge is 0.0744 e. The first-order chi connectivity index (χ1) is 6.55. The van der Waals surface area contributed by atoms with Crippen molar-refractivity contribution in [2.75, 3.05) is 17.3 Å². The summed E-state index contributed by atoms with van der Waals surface area (Å²) in [4.78, 5) is 0.410. The number of nitrogens with one attached hydrogen (secondary N) is 1. The van der Waals surface area contributed by atoms with E-state index >= 15 is 0 Å². The molecular formula is C11H21NS2. The zero-order chi connectivity index (χ0) is 10.2. The molecule has 1 spiro atoms. The van der Waals surface area contributed by atoms with Gasteiger partial charge in [-0.2, -0.15) is 11.8 Å². The Bertz CT molecular complexity index is 217. The molecule has 2 aliphatic heterocycles. The van der Waals surface area contributed by atoms with Crippen molar-refractivity contribution in [1.29, 1.82) is 0 Å². The van der Waals surface area contributed by atoms with E-state index in [0.29, 0.717) is 10.3 Å². The summed E-state index contributed by atoms with van der Waals surface area (Å²) >= 11 is 4.30. The van der Waals surface area contributed by atoms with Gasteiger partial charge in [0.25, 0.3) is 0 Å². The maximum Gasteiger partial charge on any atom is 0.0744 e. The maximum atomic E-state index is 3.85. The average molecular weight is 231 g/mol. The Hall–Kier alpha value is 0.660. The second-order valence-electron chi connectivity index (χ2n) is 5.39. The molecule has 2 saturated heterocycles. The van der Waals surface area contributed by atoms with Crippen molar-refractivity contribution < 1.29 is 0 Å². The summed E-state index contributed by atoms with van der Waals surface area (Å²) in [7, 11) is 0. The Morgan fingerprint density at radius 1 is 1.36 bits per heavy atom. The van der Waals surface area contributed by atoms with Gasteiger partial charge in [-0.3, -0.25) is 5.32 Å². The second kappa shape index (κ2) is 3.91. The molecule has 1 N–H and O–H groups in total. The Kier molecular flexibility index (Phi) is 3.12. The van der Waals surface area contributed by atoms with Gasteiger partial charge in [-0.05, 0) is 24.0 Å². The summed E-state index contributed by atoms with van der Waals surface area (Å²) in [6.45, 7) is 7.10. The largest absolute Gasteiger partial charge is 0.298 e. The molecular weight excluding hydrogens is 210 g/mol. The van der Waals surface area contributed by atoms with Crippen LogP contribution in [0.5, 0.6) is 0 Å². The van der Waals surface area contributed by atoms with E-state index in [1.807, 2.05) is 0 Å². The van der Waals surface area contributed by atoms with Gasteiger partial charge in [0.15, 0.2) is 0 Å². The first kappa shape index (κ1) is 11.2. The highest BCUT2D eigenvalue weighted by molar-refractivity contribution is 8.04. The summed E-state index contributed by atoms with van der Waals surface area (Å²) < 4.78 is 0. The molecule has 0 amide bonds. The molecule has 14 heavy (non-hydrogen) atoms. The van der Waals surface area contributed by atoms with Gasteiger partial charge in [0.2, 0.25) is 0 Å². The molecule has 2 unspecified atom stereocenters. The van der Waals surface area contributed by atoms with Crippen molar-refractivity contribution in [1.82, 2.24) is 5.32 Å². The van der Waals surface area contributed by atoms with Crippen molar-refractivity contribution in [3.8, 4) is 0 Å². The monoisotopic (exact) mass is 231 g/mol. The summed E-state index contributed by atoms with van der Waals surface area (Å²) in [6.07, 6.45) is 2.62. The molecule has 2 rings (SSSR count). The maximum absolute atomic E-state index is 3.85. The van der Waals surface area contributed by atoms with Gasteiger partial charge in [0, 0.05) is 17.5 Å². The lowest BCUT2D eigenvalue weighted by atomic mass is 9.87. The van der Waals surface area contributed by atoms with Gasteiger partial charge >= 0.3 is 0 Å². The first-order valence-electron chi connectivity index (χ1n) is 5.55. The van der Waals surface area contributed by atoms with Crippen LogP contribution in [0.2, 0.25) is 0 Å². The quantitative estimate of drug-likeness (QED) is 0.745. The summed E-state index contributed by atoms with van der Waals surface area (Å²) in [6, 6.07) is 0.759. The van der Waals surface area contributed by atoms with Crippen molar-refractivity contribution in [2.45, 2.75) is 44.5 Å². The average Bonchev–Trinajstić information content (AvgIpc) is 2.46. The van der Waals surface area contributed by atoms with E-state index in [4.69, 9.17) is 0 Å². The lowest BCUT2D eigenvalue weighted by Gasteiger charge is -2.42. The van der Waals surface area contributed by atoms with E-state index in [9.17, 15) is 0 Å². The highest BCUT2D eigenvalue weighted by Crippen LogP contribution is 2.47. The first-order valence-corrected chi connectivity index (χ1v) is 7.69. The third kappa shape index (κ3) is 2.25. The van der Waals surface area contributed by atoms with Crippen LogP contribution in [-0.2, 0) is 0 Å². The van der Waals surface area contributed by atoms with Gasteiger partial charge in [-0.15, -0.1) is 11.8 Å². The Labute approximate surface area is 96.2 Å². The van der Waals surface area contributed by atoms with Crippen LogP contribution in [0.3, 0.4) is 0 Å². The van der Waals surface area contributed by atoms with E-state index in [2.05, 4.69) is 49.6 Å². The Morgan fingerprint density at radius 2 is 2.14 bits per heavy atom. The number of rotatable bonds is 1. The minimum absolute atomic E-state index is 0.410. The van der Waals surface area contributed by atoms with Crippen LogP contribution >= 0.6 is 23.5 Å². The van der Waals surface area contributed by atoms with E-state index in [-0.39, 0.29) is 0 Å². The molecule has 0 bridgehead atoms.